The normalized spacial score (nSPS) is 13.5. The Labute approximate surface area is 109 Å². The molecule has 0 bridgehead atoms. The van der Waals surface area contributed by atoms with Gasteiger partial charge < -0.3 is 19.7 Å². The predicted molar refractivity (Wildman–Crippen MR) is 74.0 cm³/mol. The molecule has 1 N–H and O–H groups in total. The molecule has 0 saturated carbocycles. The molecule has 0 aliphatic carbocycles. The lowest BCUT2D eigenvalue weighted by Crippen LogP contribution is -2.29. The Kier molecular flexibility index (Phi) is 4.31. The molecule has 0 aromatic heterocycles. The van der Waals surface area contributed by atoms with Crippen LogP contribution in [0.1, 0.15) is 12.5 Å². The number of nitrogens with zero attached hydrogens (tertiary/aromatic N) is 1. The topological polar surface area (TPSA) is 33.7 Å². The maximum atomic E-state index is 5.63. The largest absolute Gasteiger partial charge is 0.486 e. The molecule has 0 unspecified atom stereocenters. The predicted octanol–water partition coefficient (Wildman–Crippen LogP) is 1.81. The molecule has 100 valence electrons. The molecule has 4 heteroatoms. The van der Waals surface area contributed by atoms with E-state index in [4.69, 9.17) is 9.47 Å². The molecule has 0 atom stereocenters. The molecule has 0 saturated heterocycles. The van der Waals surface area contributed by atoms with E-state index >= 15 is 0 Å². The highest BCUT2D eigenvalue weighted by Crippen LogP contribution is 2.36. The Hall–Kier alpha value is -1.42. The number of anilines is 1. The summed E-state index contributed by atoms with van der Waals surface area (Å²) in [4.78, 5) is 2.25. The summed E-state index contributed by atoms with van der Waals surface area (Å²) >= 11 is 0. The lowest BCUT2D eigenvalue weighted by Gasteiger charge is -2.25. The summed E-state index contributed by atoms with van der Waals surface area (Å²) in [6, 6.07) is 4.14. The van der Waals surface area contributed by atoms with Gasteiger partial charge in [-0.1, -0.05) is 6.92 Å². The molecule has 1 aromatic carbocycles. The van der Waals surface area contributed by atoms with E-state index in [1.54, 1.807) is 0 Å². The van der Waals surface area contributed by atoms with Crippen molar-refractivity contribution >= 4 is 5.69 Å². The van der Waals surface area contributed by atoms with E-state index in [0.717, 1.165) is 31.1 Å². The summed E-state index contributed by atoms with van der Waals surface area (Å²) in [6.07, 6.45) is 0. The van der Waals surface area contributed by atoms with Gasteiger partial charge in [-0.05, 0) is 25.1 Å². The van der Waals surface area contributed by atoms with Gasteiger partial charge in [0.05, 0.1) is 0 Å². The number of fused-ring (bicyclic) bond motifs is 1. The molecule has 1 aromatic rings. The Balaban J connectivity index is 2.12. The number of ether oxygens (including phenoxy) is 2. The molecule has 18 heavy (non-hydrogen) atoms. The van der Waals surface area contributed by atoms with E-state index in [-0.39, 0.29) is 0 Å². The van der Waals surface area contributed by atoms with Gasteiger partial charge in [-0.2, -0.15) is 0 Å². The van der Waals surface area contributed by atoms with Gasteiger partial charge in [0, 0.05) is 31.9 Å². The van der Waals surface area contributed by atoms with Crippen LogP contribution in [0.5, 0.6) is 11.5 Å². The first kappa shape index (κ1) is 13.0. The van der Waals surface area contributed by atoms with Gasteiger partial charge in [0.1, 0.15) is 13.2 Å². The number of benzene rings is 1. The summed E-state index contributed by atoms with van der Waals surface area (Å²) in [7, 11) is 2.11. The fourth-order valence-corrected chi connectivity index (χ4v) is 2.13. The molecule has 0 fully saturated rings. The lowest BCUT2D eigenvalue weighted by molar-refractivity contribution is 0.171. The Morgan fingerprint density at radius 2 is 1.89 bits per heavy atom. The summed E-state index contributed by atoms with van der Waals surface area (Å²) in [6.45, 7) is 8.48. The molecular weight excluding hydrogens is 228 g/mol. The van der Waals surface area contributed by atoms with E-state index in [9.17, 15) is 0 Å². The minimum absolute atomic E-state index is 0.636. The molecule has 4 nitrogen and oxygen atoms in total. The van der Waals surface area contributed by atoms with Crippen molar-refractivity contribution in [2.75, 3.05) is 44.8 Å². The number of nitrogens with one attached hydrogen (secondary N) is 1. The van der Waals surface area contributed by atoms with E-state index in [1.807, 2.05) is 0 Å². The number of rotatable bonds is 5. The van der Waals surface area contributed by atoms with Gasteiger partial charge in [0.2, 0.25) is 0 Å². The fourth-order valence-electron chi connectivity index (χ4n) is 2.13. The minimum atomic E-state index is 0.636. The van der Waals surface area contributed by atoms with Crippen LogP contribution in [0, 0.1) is 6.92 Å². The van der Waals surface area contributed by atoms with Gasteiger partial charge in [-0.15, -0.1) is 0 Å². The molecule has 1 aliphatic heterocycles. The summed E-state index contributed by atoms with van der Waals surface area (Å²) < 4.78 is 11.2. The van der Waals surface area contributed by atoms with Crippen LogP contribution >= 0.6 is 0 Å². The number of aryl methyl sites for hydroxylation is 1. The van der Waals surface area contributed by atoms with Crippen LogP contribution in [0.25, 0.3) is 0 Å². The molecule has 0 amide bonds. The van der Waals surface area contributed by atoms with Crippen LogP contribution in [0.3, 0.4) is 0 Å². The maximum absolute atomic E-state index is 5.63. The SMILES string of the molecule is CCNCCN(C)c1cc2c(cc1C)OCCO2. The highest BCUT2D eigenvalue weighted by molar-refractivity contribution is 5.61. The third-order valence-electron chi connectivity index (χ3n) is 3.15. The Morgan fingerprint density at radius 1 is 1.22 bits per heavy atom. The second-order valence-corrected chi connectivity index (χ2v) is 4.56. The maximum Gasteiger partial charge on any atom is 0.163 e. The lowest BCUT2D eigenvalue weighted by atomic mass is 10.1. The molecule has 1 heterocycles. The second kappa shape index (κ2) is 5.96. The highest BCUT2D eigenvalue weighted by atomic mass is 16.6. The standard InChI is InChI=1S/C14H22N2O2/c1-4-15-5-6-16(3)12-10-14-13(9-11(12)2)17-7-8-18-14/h9-10,15H,4-8H2,1-3H3. The van der Waals surface area contributed by atoms with Crippen molar-refractivity contribution in [1.82, 2.24) is 5.32 Å². The zero-order valence-electron chi connectivity index (χ0n) is 11.5. The minimum Gasteiger partial charge on any atom is -0.486 e. The van der Waals surface area contributed by atoms with Gasteiger partial charge in [-0.25, -0.2) is 0 Å². The fraction of sp³-hybridized carbons (Fsp3) is 0.571. The van der Waals surface area contributed by atoms with Gasteiger partial charge >= 0.3 is 0 Å². The van der Waals surface area contributed by atoms with Crippen LogP contribution in [0.15, 0.2) is 12.1 Å². The zero-order chi connectivity index (χ0) is 13.0. The highest BCUT2D eigenvalue weighted by Gasteiger charge is 2.15. The molecule has 0 radical (unpaired) electrons. The first-order valence-corrected chi connectivity index (χ1v) is 6.54. The van der Waals surface area contributed by atoms with Crippen molar-refractivity contribution in [1.29, 1.82) is 0 Å². The van der Waals surface area contributed by atoms with E-state index in [2.05, 4.69) is 43.2 Å². The molecule has 0 spiro atoms. The third-order valence-corrected chi connectivity index (χ3v) is 3.15. The third kappa shape index (κ3) is 2.88. The quantitative estimate of drug-likeness (QED) is 0.808. The van der Waals surface area contributed by atoms with Crippen molar-refractivity contribution in [2.24, 2.45) is 0 Å². The van der Waals surface area contributed by atoms with Gasteiger partial charge in [0.25, 0.3) is 0 Å². The van der Waals surface area contributed by atoms with Crippen LogP contribution < -0.4 is 19.7 Å². The van der Waals surface area contributed by atoms with E-state index in [0.29, 0.717) is 13.2 Å². The van der Waals surface area contributed by atoms with Gasteiger partial charge in [0.15, 0.2) is 11.5 Å². The van der Waals surface area contributed by atoms with Gasteiger partial charge in [-0.3, -0.25) is 0 Å². The summed E-state index contributed by atoms with van der Waals surface area (Å²) in [5.74, 6) is 1.72. The van der Waals surface area contributed by atoms with E-state index in [1.165, 1.54) is 11.3 Å². The molecule has 2 rings (SSSR count). The average Bonchev–Trinajstić information content (AvgIpc) is 2.38. The number of likely N-dealkylation sites (N-methyl/N-ethyl adjacent to an activating group) is 2. The monoisotopic (exact) mass is 250 g/mol. The average molecular weight is 250 g/mol. The second-order valence-electron chi connectivity index (χ2n) is 4.56. The van der Waals surface area contributed by atoms with Crippen molar-refractivity contribution in [3.63, 3.8) is 0 Å². The Bertz CT molecular complexity index is 407. The summed E-state index contributed by atoms with van der Waals surface area (Å²) in [5, 5.41) is 3.33. The van der Waals surface area contributed by atoms with Crippen LogP contribution in [0.2, 0.25) is 0 Å². The number of hydrogen-bond donors (Lipinski definition) is 1. The summed E-state index contributed by atoms with van der Waals surface area (Å²) in [5.41, 5.74) is 2.43. The van der Waals surface area contributed by atoms with Crippen LogP contribution in [-0.2, 0) is 0 Å². The smallest absolute Gasteiger partial charge is 0.163 e. The van der Waals surface area contributed by atoms with E-state index < -0.39 is 0 Å². The van der Waals surface area contributed by atoms with Crippen molar-refractivity contribution < 1.29 is 9.47 Å². The molecule has 1 aliphatic rings. The first-order chi connectivity index (χ1) is 8.72. The Morgan fingerprint density at radius 3 is 2.56 bits per heavy atom. The van der Waals surface area contributed by atoms with Crippen LogP contribution in [-0.4, -0.2) is 39.9 Å². The first-order valence-electron chi connectivity index (χ1n) is 6.54. The van der Waals surface area contributed by atoms with Crippen molar-refractivity contribution in [2.45, 2.75) is 13.8 Å². The van der Waals surface area contributed by atoms with Crippen LogP contribution in [0.4, 0.5) is 5.69 Å². The zero-order valence-corrected chi connectivity index (χ0v) is 11.5. The number of hydrogen-bond acceptors (Lipinski definition) is 4. The molecular formula is C14H22N2O2. The van der Waals surface area contributed by atoms with Crippen molar-refractivity contribution in [3.05, 3.63) is 17.7 Å². The van der Waals surface area contributed by atoms with Crippen molar-refractivity contribution in [3.8, 4) is 11.5 Å².